The van der Waals surface area contributed by atoms with E-state index in [2.05, 4.69) is 180 Å². The zero-order valence-electron chi connectivity index (χ0n) is 31.6. The third-order valence-corrected chi connectivity index (χ3v) is 12.0. The Balaban J connectivity index is 1.14. The number of para-hydroxylation sites is 2. The summed E-state index contributed by atoms with van der Waals surface area (Å²) >= 11 is 6.71. The van der Waals surface area contributed by atoms with Crippen LogP contribution >= 0.6 is 11.6 Å². The van der Waals surface area contributed by atoms with Crippen LogP contribution in [-0.4, -0.2) is 19.5 Å². The van der Waals surface area contributed by atoms with Gasteiger partial charge >= 0.3 is 0 Å². The van der Waals surface area contributed by atoms with E-state index >= 15 is 0 Å². The van der Waals surface area contributed by atoms with E-state index in [9.17, 15) is 0 Å². The van der Waals surface area contributed by atoms with Gasteiger partial charge in [-0.25, -0.2) is 4.98 Å². The Hall–Kier alpha value is -7.14. The SMILES string of the molecule is CC1(c2cccc(-c3ccccc3)c2)c2ccc(-c3nc(Cl)nc(-c4ccc(-c5ccccc5)cc4)n3)cc2-c2c1ccc1c3ccccc3n(-c3ccccc3)c21. The zero-order chi connectivity index (χ0) is 38.8. The maximum atomic E-state index is 6.71. The molecule has 10 aromatic rings. The molecular formula is C53H35ClN4. The molecule has 2 aromatic heterocycles. The van der Waals surface area contributed by atoms with E-state index in [4.69, 9.17) is 21.6 Å². The van der Waals surface area contributed by atoms with E-state index in [0.29, 0.717) is 11.6 Å². The number of rotatable bonds is 6. The summed E-state index contributed by atoms with van der Waals surface area (Å²) in [6.45, 7) is 2.37. The fourth-order valence-corrected chi connectivity index (χ4v) is 9.23. The van der Waals surface area contributed by atoms with Gasteiger partial charge in [0.2, 0.25) is 5.28 Å². The summed E-state index contributed by atoms with van der Waals surface area (Å²) in [5, 5.41) is 2.58. The molecule has 1 aliphatic carbocycles. The Kier molecular flexibility index (Phi) is 7.95. The third kappa shape index (κ3) is 5.41. The Bertz CT molecular complexity index is 3180. The molecule has 2 heterocycles. The van der Waals surface area contributed by atoms with Crippen LogP contribution in [0, 0.1) is 0 Å². The highest BCUT2D eigenvalue weighted by Gasteiger charge is 2.43. The molecule has 0 N–H and O–H groups in total. The highest BCUT2D eigenvalue weighted by Crippen LogP contribution is 2.56. The molecule has 1 aliphatic rings. The lowest BCUT2D eigenvalue weighted by Crippen LogP contribution is -2.22. The maximum absolute atomic E-state index is 6.71. The first-order chi connectivity index (χ1) is 28.5. The Morgan fingerprint density at radius 1 is 0.448 bits per heavy atom. The van der Waals surface area contributed by atoms with Crippen molar-refractivity contribution in [2.45, 2.75) is 12.3 Å². The summed E-state index contributed by atoms with van der Waals surface area (Å²) < 4.78 is 2.43. The molecule has 0 saturated carbocycles. The lowest BCUT2D eigenvalue weighted by molar-refractivity contribution is 0.714. The summed E-state index contributed by atoms with van der Waals surface area (Å²) in [6, 6.07) is 69.0. The van der Waals surface area contributed by atoms with Crippen molar-refractivity contribution in [2.24, 2.45) is 0 Å². The highest BCUT2D eigenvalue weighted by atomic mass is 35.5. The molecule has 0 radical (unpaired) electrons. The molecule has 8 aromatic carbocycles. The van der Waals surface area contributed by atoms with Gasteiger partial charge in [0.05, 0.1) is 11.0 Å². The quantitative estimate of drug-likeness (QED) is 0.169. The Morgan fingerprint density at radius 2 is 1.02 bits per heavy atom. The van der Waals surface area contributed by atoms with Crippen molar-refractivity contribution >= 4 is 33.4 Å². The van der Waals surface area contributed by atoms with E-state index < -0.39 is 5.41 Å². The Morgan fingerprint density at radius 3 is 1.76 bits per heavy atom. The molecule has 0 saturated heterocycles. The number of hydrogen-bond donors (Lipinski definition) is 0. The van der Waals surface area contributed by atoms with Crippen LogP contribution in [0.5, 0.6) is 0 Å². The second kappa shape index (κ2) is 13.5. The molecule has 58 heavy (non-hydrogen) atoms. The molecule has 4 nitrogen and oxygen atoms in total. The number of halogens is 1. The van der Waals surface area contributed by atoms with E-state index in [0.717, 1.165) is 33.5 Å². The van der Waals surface area contributed by atoms with Crippen LogP contribution in [0.3, 0.4) is 0 Å². The first-order valence-electron chi connectivity index (χ1n) is 19.6. The molecule has 5 heteroatoms. The minimum absolute atomic E-state index is 0.155. The van der Waals surface area contributed by atoms with Gasteiger partial charge in [0.25, 0.3) is 0 Å². The molecule has 0 spiro atoms. The molecule has 0 aliphatic heterocycles. The zero-order valence-corrected chi connectivity index (χ0v) is 32.4. The third-order valence-electron chi connectivity index (χ3n) is 11.9. The van der Waals surface area contributed by atoms with E-state index in [-0.39, 0.29) is 5.28 Å². The lowest BCUT2D eigenvalue weighted by Gasteiger charge is -2.29. The number of nitrogens with zero attached hydrogens (tertiary/aromatic N) is 4. The first-order valence-corrected chi connectivity index (χ1v) is 19.9. The molecule has 1 unspecified atom stereocenters. The van der Waals surface area contributed by atoms with Crippen LogP contribution in [0.1, 0.15) is 23.6 Å². The summed E-state index contributed by atoms with van der Waals surface area (Å²) in [6.07, 6.45) is 0. The smallest absolute Gasteiger partial charge is 0.226 e. The summed E-state index contributed by atoms with van der Waals surface area (Å²) in [5.41, 5.74) is 15.5. The van der Waals surface area contributed by atoms with E-state index in [1.807, 2.05) is 30.3 Å². The molecule has 1 atom stereocenters. The van der Waals surface area contributed by atoms with Crippen LogP contribution in [0.2, 0.25) is 5.28 Å². The van der Waals surface area contributed by atoms with Crippen molar-refractivity contribution in [1.29, 1.82) is 0 Å². The van der Waals surface area contributed by atoms with Gasteiger partial charge < -0.3 is 4.57 Å². The van der Waals surface area contributed by atoms with Crippen molar-refractivity contribution in [3.05, 3.63) is 216 Å². The maximum Gasteiger partial charge on any atom is 0.226 e. The average Bonchev–Trinajstić information content (AvgIpc) is 3.77. The fourth-order valence-electron chi connectivity index (χ4n) is 9.07. The topological polar surface area (TPSA) is 43.6 Å². The molecule has 0 bridgehead atoms. The second-order valence-electron chi connectivity index (χ2n) is 15.1. The van der Waals surface area contributed by atoms with Crippen LogP contribution in [-0.2, 0) is 5.41 Å². The number of aromatic nitrogens is 4. The second-order valence-corrected chi connectivity index (χ2v) is 15.4. The van der Waals surface area contributed by atoms with Crippen molar-refractivity contribution in [3.63, 3.8) is 0 Å². The predicted octanol–water partition coefficient (Wildman–Crippen LogP) is 13.6. The standard InChI is InChI=1S/C53H35ClN4/c1-53(40-19-13-18-38(32-40)35-16-7-3-8-17-35)45-30-28-39(51-55-50(56-52(54)57-51)37-26-24-36(25-27-37)34-14-5-2-6-15-34)33-44(45)48-46(53)31-29-43-42-22-11-12-23-47(42)58(49(43)48)41-20-9-4-10-21-41/h2-33H,1H3. The largest absolute Gasteiger partial charge is 0.309 e. The van der Waals surface area contributed by atoms with Crippen LogP contribution in [0.15, 0.2) is 194 Å². The molecular weight excluding hydrogens is 728 g/mol. The van der Waals surface area contributed by atoms with Gasteiger partial charge in [-0.05, 0) is 93.4 Å². The van der Waals surface area contributed by atoms with Gasteiger partial charge in [-0.2, -0.15) is 9.97 Å². The average molecular weight is 763 g/mol. The van der Waals surface area contributed by atoms with Gasteiger partial charge in [0.1, 0.15) is 0 Å². The lowest BCUT2D eigenvalue weighted by atomic mass is 9.73. The molecule has 274 valence electrons. The van der Waals surface area contributed by atoms with Gasteiger partial charge in [-0.1, -0.05) is 164 Å². The molecule has 0 amide bonds. The van der Waals surface area contributed by atoms with Crippen molar-refractivity contribution in [3.8, 4) is 61.8 Å². The van der Waals surface area contributed by atoms with Gasteiger partial charge in [0.15, 0.2) is 11.6 Å². The van der Waals surface area contributed by atoms with Gasteiger partial charge in [-0.15, -0.1) is 0 Å². The molecule has 0 fully saturated rings. The van der Waals surface area contributed by atoms with Crippen molar-refractivity contribution in [2.75, 3.05) is 0 Å². The Labute approximate surface area is 341 Å². The number of hydrogen-bond acceptors (Lipinski definition) is 3. The minimum atomic E-state index is -0.470. The summed E-state index contributed by atoms with van der Waals surface area (Å²) in [5.74, 6) is 1.06. The van der Waals surface area contributed by atoms with E-state index in [1.54, 1.807) is 0 Å². The van der Waals surface area contributed by atoms with Crippen molar-refractivity contribution < 1.29 is 0 Å². The van der Waals surface area contributed by atoms with Crippen LogP contribution in [0.4, 0.5) is 0 Å². The first kappa shape index (κ1) is 34.1. The highest BCUT2D eigenvalue weighted by molar-refractivity contribution is 6.28. The van der Waals surface area contributed by atoms with Gasteiger partial charge in [0, 0.05) is 38.6 Å². The van der Waals surface area contributed by atoms with Gasteiger partial charge in [-0.3, -0.25) is 0 Å². The van der Waals surface area contributed by atoms with Crippen LogP contribution in [0.25, 0.3) is 83.6 Å². The van der Waals surface area contributed by atoms with E-state index in [1.165, 1.54) is 55.2 Å². The minimum Gasteiger partial charge on any atom is -0.309 e. The van der Waals surface area contributed by atoms with Crippen molar-refractivity contribution in [1.82, 2.24) is 19.5 Å². The number of fused-ring (bicyclic) bond motifs is 7. The summed E-state index contributed by atoms with van der Waals surface area (Å²) in [4.78, 5) is 14.4. The van der Waals surface area contributed by atoms with Crippen LogP contribution < -0.4 is 0 Å². The molecule has 11 rings (SSSR count). The monoisotopic (exact) mass is 762 g/mol. The fraction of sp³-hybridized carbons (Fsp3) is 0.0377. The normalized spacial score (nSPS) is 14.4. The predicted molar refractivity (Wildman–Crippen MR) is 238 cm³/mol. The number of benzene rings is 8. The summed E-state index contributed by atoms with van der Waals surface area (Å²) in [7, 11) is 0.